The van der Waals surface area contributed by atoms with Crippen LogP contribution in [0.2, 0.25) is 0 Å². The summed E-state index contributed by atoms with van der Waals surface area (Å²) in [6.07, 6.45) is 11.2. The number of nitrogens with zero attached hydrogens (tertiary/aromatic N) is 4. The van der Waals surface area contributed by atoms with Crippen LogP contribution in [0.15, 0.2) is 71.8 Å². The van der Waals surface area contributed by atoms with Gasteiger partial charge < -0.3 is 29.8 Å². The van der Waals surface area contributed by atoms with Gasteiger partial charge in [-0.3, -0.25) is 19.8 Å². The van der Waals surface area contributed by atoms with Gasteiger partial charge in [-0.05, 0) is 124 Å². The number of nitrogens with one attached hydrogen (secondary N) is 3. The highest BCUT2D eigenvalue weighted by molar-refractivity contribution is 7.90. The molecule has 2 aromatic heterocycles. The number of carbonyl (C=O) groups excluding carboxylic acids is 1. The standard InChI is InChI=1S/C53H62FN7O8S/c1-31(2)36-7-4-5-8-37(36)38-9-6-10-43(38)60-29-53(30-60)19-21-59(22-20-53)34-13-14-39(45(23-34)69-47-26-40-41(54)27-55-50(40)57-48(47)33-11-12-33)51(62)58-70(66,67)35-24-44(61(64)65)49-46(25-35)68-28-42(56-49)32-15-17-52(3,63)18-16-32/h4-5,7-8,13-14,23-27,31-33,38,42-43,56,63H,6,9-12,15-22,28-30H2,1-3H3,(H,55,57)(H,58,62)/t32?,38-,42-,43?,52?/m1/s1. The fraction of sp³-hybridized carbons (Fsp3) is 0.509. The lowest BCUT2D eigenvalue weighted by molar-refractivity contribution is -0.384. The predicted molar refractivity (Wildman–Crippen MR) is 264 cm³/mol. The third-order valence-electron chi connectivity index (χ3n) is 16.4. The van der Waals surface area contributed by atoms with Gasteiger partial charge in [0.2, 0.25) is 0 Å². The van der Waals surface area contributed by atoms with Crippen LogP contribution in [0.4, 0.5) is 21.5 Å². The van der Waals surface area contributed by atoms with E-state index >= 15 is 4.39 Å². The van der Waals surface area contributed by atoms with E-state index < -0.39 is 42.9 Å². The van der Waals surface area contributed by atoms with E-state index in [0.717, 1.165) is 63.6 Å². The first-order valence-corrected chi connectivity index (χ1v) is 26.6. The van der Waals surface area contributed by atoms with Gasteiger partial charge in [0.05, 0.1) is 38.1 Å². The number of fused-ring (bicyclic) bond motifs is 2. The number of anilines is 2. The molecule has 0 bridgehead atoms. The molecule has 1 unspecified atom stereocenters. The number of ether oxygens (including phenoxy) is 2. The number of aromatic amines is 1. The Hall–Kier alpha value is -5.78. The molecule has 370 valence electrons. The maximum Gasteiger partial charge on any atom is 0.297 e. The summed E-state index contributed by atoms with van der Waals surface area (Å²) in [5, 5.41) is 26.4. The van der Waals surface area contributed by atoms with Crippen molar-refractivity contribution >= 4 is 44.0 Å². The second-order valence-corrected chi connectivity index (χ2v) is 23.3. The number of piperidine rings is 1. The van der Waals surface area contributed by atoms with Crippen molar-refractivity contribution in [2.75, 3.05) is 43.0 Å². The zero-order valence-corrected chi connectivity index (χ0v) is 40.8. The van der Waals surface area contributed by atoms with Gasteiger partial charge in [-0.1, -0.05) is 44.5 Å². The molecule has 6 aliphatic rings. The number of aromatic nitrogens is 2. The molecule has 15 nitrogen and oxygen atoms in total. The molecule has 70 heavy (non-hydrogen) atoms. The molecule has 1 amide bonds. The number of halogens is 1. The number of amides is 1. The molecule has 4 N–H and O–H groups in total. The summed E-state index contributed by atoms with van der Waals surface area (Å²) in [6.45, 7) is 10.2. The quantitative estimate of drug-likeness (QED) is 0.0685. The summed E-state index contributed by atoms with van der Waals surface area (Å²) in [4.78, 5) is 38.2. The monoisotopic (exact) mass is 975 g/mol. The minimum Gasteiger partial charge on any atom is -0.489 e. The molecule has 11 rings (SSSR count). The molecule has 3 aromatic carbocycles. The van der Waals surface area contributed by atoms with E-state index in [4.69, 9.17) is 14.5 Å². The number of benzene rings is 3. The molecule has 3 saturated carbocycles. The Morgan fingerprint density at radius 1 is 1.00 bits per heavy atom. The third-order valence-corrected chi connectivity index (χ3v) is 17.8. The zero-order valence-electron chi connectivity index (χ0n) is 40.0. The lowest BCUT2D eigenvalue weighted by Crippen LogP contribution is -2.63. The Morgan fingerprint density at radius 3 is 2.49 bits per heavy atom. The molecule has 1 spiro atoms. The molecule has 3 aliphatic carbocycles. The van der Waals surface area contributed by atoms with Crippen molar-refractivity contribution in [1.29, 1.82) is 0 Å². The molecule has 5 aromatic rings. The van der Waals surface area contributed by atoms with Crippen molar-refractivity contribution < 1.29 is 37.1 Å². The summed E-state index contributed by atoms with van der Waals surface area (Å²) in [6, 6.07) is 18.0. The first-order valence-electron chi connectivity index (χ1n) is 25.1. The molecule has 5 heterocycles. The number of nitro benzene ring substituents is 1. The summed E-state index contributed by atoms with van der Waals surface area (Å²) in [7, 11) is -4.72. The zero-order chi connectivity index (χ0) is 48.7. The molecular weight excluding hydrogens is 914 g/mol. The van der Waals surface area contributed by atoms with Crippen LogP contribution in [0.1, 0.15) is 136 Å². The number of H-pyrrole nitrogens is 1. The second kappa shape index (κ2) is 17.8. The van der Waals surface area contributed by atoms with Crippen LogP contribution in [0.25, 0.3) is 11.0 Å². The van der Waals surface area contributed by atoms with Crippen molar-refractivity contribution in [2.45, 2.75) is 132 Å². The highest BCUT2D eigenvalue weighted by Gasteiger charge is 2.50. The van der Waals surface area contributed by atoms with E-state index in [2.05, 4.69) is 62.9 Å². The van der Waals surface area contributed by atoms with Gasteiger partial charge >= 0.3 is 0 Å². The second-order valence-electron chi connectivity index (χ2n) is 21.6. The Balaban J connectivity index is 0.838. The van der Waals surface area contributed by atoms with Crippen LogP contribution in [0.5, 0.6) is 17.2 Å². The first-order chi connectivity index (χ1) is 33.5. The van der Waals surface area contributed by atoms with Gasteiger partial charge in [0.1, 0.15) is 29.6 Å². The number of aliphatic hydroxyl groups is 1. The van der Waals surface area contributed by atoms with Crippen molar-refractivity contribution in [3.05, 3.63) is 105 Å². The van der Waals surface area contributed by atoms with E-state index in [1.807, 2.05) is 0 Å². The van der Waals surface area contributed by atoms with Crippen molar-refractivity contribution in [3.63, 3.8) is 0 Å². The predicted octanol–water partition coefficient (Wildman–Crippen LogP) is 9.87. The van der Waals surface area contributed by atoms with E-state index in [-0.39, 0.29) is 63.8 Å². The number of nitro groups is 1. The van der Waals surface area contributed by atoms with Gasteiger partial charge in [-0.2, -0.15) is 0 Å². The minimum atomic E-state index is -4.72. The fourth-order valence-corrected chi connectivity index (χ4v) is 13.3. The summed E-state index contributed by atoms with van der Waals surface area (Å²) >= 11 is 0. The SMILES string of the molecule is CC(C)c1ccccc1[C@H]1CCCC1N1CC2(CCN(c3ccc(C(=O)NS(=O)(=O)c4cc5c(c([N+](=O)[O-])c4)N[C@@H](C4CCC(C)(O)CC4)CO5)c(Oc4cc5c(F)c[nH]c5nc4C4CC4)c3)CC2)C1. The minimum absolute atomic E-state index is 0.0185. The number of hydrogen-bond donors (Lipinski definition) is 4. The van der Waals surface area contributed by atoms with E-state index in [0.29, 0.717) is 54.9 Å². The molecule has 2 saturated heterocycles. The molecule has 3 atom stereocenters. The van der Waals surface area contributed by atoms with E-state index in [9.17, 15) is 28.4 Å². The van der Waals surface area contributed by atoms with E-state index in [1.54, 1.807) is 25.1 Å². The van der Waals surface area contributed by atoms with Gasteiger partial charge in [0.15, 0.2) is 11.4 Å². The summed E-state index contributed by atoms with van der Waals surface area (Å²) in [5.74, 6) is -0.0206. The number of carbonyl (C=O) groups is 1. The lowest BCUT2D eigenvalue weighted by atomic mass is 9.70. The van der Waals surface area contributed by atoms with Gasteiger partial charge in [0.25, 0.3) is 21.6 Å². The van der Waals surface area contributed by atoms with Crippen LogP contribution in [0, 0.1) is 27.3 Å². The van der Waals surface area contributed by atoms with Crippen molar-refractivity contribution in [2.24, 2.45) is 11.3 Å². The number of rotatable bonds is 12. The van der Waals surface area contributed by atoms with Crippen molar-refractivity contribution in [3.8, 4) is 17.2 Å². The molecule has 5 fully saturated rings. The topological polar surface area (TPSA) is 192 Å². The van der Waals surface area contributed by atoms with Gasteiger partial charge in [-0.25, -0.2) is 22.5 Å². The first kappa shape index (κ1) is 46.6. The average molecular weight is 976 g/mol. The molecule has 17 heteroatoms. The number of likely N-dealkylation sites (tertiary alicyclic amines) is 1. The lowest BCUT2D eigenvalue weighted by Gasteiger charge is -2.57. The Morgan fingerprint density at radius 2 is 1.76 bits per heavy atom. The van der Waals surface area contributed by atoms with Crippen LogP contribution in [-0.4, -0.2) is 89.7 Å². The largest absolute Gasteiger partial charge is 0.489 e. The molecule has 3 aliphatic heterocycles. The Bertz CT molecular complexity index is 2970. The maximum atomic E-state index is 15.0. The fourth-order valence-electron chi connectivity index (χ4n) is 12.3. The summed E-state index contributed by atoms with van der Waals surface area (Å²) in [5.41, 5.74) is 3.67. The Labute approximate surface area is 407 Å². The van der Waals surface area contributed by atoms with Crippen LogP contribution < -0.4 is 24.4 Å². The molecule has 0 radical (unpaired) electrons. The highest BCUT2D eigenvalue weighted by Crippen LogP contribution is 2.50. The summed E-state index contributed by atoms with van der Waals surface area (Å²) < 4.78 is 58.0. The Kier molecular flexibility index (Phi) is 11.9. The average Bonchev–Trinajstić information content (AvgIpc) is 3.96. The van der Waals surface area contributed by atoms with Crippen LogP contribution in [-0.2, 0) is 10.0 Å². The van der Waals surface area contributed by atoms with Crippen LogP contribution in [0.3, 0.4) is 0 Å². The number of sulfonamides is 1. The van der Waals surface area contributed by atoms with Crippen LogP contribution >= 0.6 is 0 Å². The smallest absolute Gasteiger partial charge is 0.297 e. The normalized spacial score (nSPS) is 25.5. The maximum absolute atomic E-state index is 15.0. The molecular formula is C53H62FN7O8S. The third kappa shape index (κ3) is 8.86. The van der Waals surface area contributed by atoms with Crippen molar-refractivity contribution in [1.82, 2.24) is 19.6 Å². The van der Waals surface area contributed by atoms with Gasteiger partial charge in [0, 0.05) is 68.2 Å². The van der Waals surface area contributed by atoms with Gasteiger partial charge in [-0.15, -0.1) is 0 Å². The van der Waals surface area contributed by atoms with E-state index in [1.165, 1.54) is 48.7 Å². The highest BCUT2D eigenvalue weighted by atomic mass is 32.2. The number of pyridine rings is 1. The number of hydrogen-bond acceptors (Lipinski definition) is 12.